The van der Waals surface area contributed by atoms with E-state index in [2.05, 4.69) is 0 Å². The Hall–Kier alpha value is 0.503. The smallest absolute Gasteiger partial charge is 0.855 e. The van der Waals surface area contributed by atoms with Crippen molar-refractivity contribution in [3.05, 3.63) is 0 Å². The van der Waals surface area contributed by atoms with Gasteiger partial charge in [-0.05, 0) is 0 Å². The van der Waals surface area contributed by atoms with E-state index >= 15 is 0 Å². The molecule has 0 atom stereocenters. The van der Waals surface area contributed by atoms with Gasteiger partial charge in [-0.15, -0.1) is 19.8 Å². The Morgan fingerprint density at radius 2 is 0.700 bits per heavy atom. The molecule has 0 spiro atoms. The van der Waals surface area contributed by atoms with Crippen LogP contribution in [0.5, 0.6) is 0 Å². The van der Waals surface area contributed by atoms with Crippen molar-refractivity contribution in [2.45, 2.75) is 20.8 Å². The molecule has 0 aromatic heterocycles. The maximum Gasteiger partial charge on any atom is 3.00 e. The van der Waals surface area contributed by atoms with Crippen LogP contribution in [0.2, 0.25) is 0 Å². The molecule has 10 heavy (non-hydrogen) atoms. The van der Waals surface area contributed by atoms with Crippen molar-refractivity contribution in [1.82, 2.24) is 0 Å². The number of rotatable bonds is 0. The van der Waals surface area contributed by atoms with Crippen molar-refractivity contribution in [3.63, 3.8) is 0 Å². The van der Waals surface area contributed by atoms with Gasteiger partial charge in [-0.2, -0.15) is 0 Å². The molecule has 0 heterocycles. The van der Waals surface area contributed by atoms with Crippen LogP contribution >= 0.6 is 0 Å². The molecule has 0 aromatic rings. The summed E-state index contributed by atoms with van der Waals surface area (Å²) in [7, 11) is 0. The van der Waals surface area contributed by atoms with Gasteiger partial charge < -0.3 is 15.3 Å². The molecular weight excluding hydrogens is 221 g/mol. The number of hydrogen-bond donors (Lipinski definition) is 0. The Morgan fingerprint density at radius 3 is 0.700 bits per heavy atom. The first-order valence-electron chi connectivity index (χ1n) is 2.99. The summed E-state index contributed by atoms with van der Waals surface area (Å²) in [6, 6.07) is 0. The van der Waals surface area contributed by atoms with E-state index in [1.165, 1.54) is 0 Å². The Balaban J connectivity index is -0.0000000257. The van der Waals surface area contributed by atoms with E-state index in [0.29, 0.717) is 0 Å². The molecule has 0 aliphatic rings. The average Bonchev–Trinajstić information content (AvgIpc) is 1.70. The molecule has 0 N–H and O–H groups in total. The Labute approximate surface area is 75.8 Å². The Morgan fingerprint density at radius 1 is 0.700 bits per heavy atom. The van der Waals surface area contributed by atoms with Gasteiger partial charge >= 0.3 is 19.5 Å². The van der Waals surface area contributed by atoms with E-state index in [4.69, 9.17) is 15.3 Å². The first-order chi connectivity index (χ1) is 4.24. The summed E-state index contributed by atoms with van der Waals surface area (Å²) in [5.41, 5.74) is 0. The van der Waals surface area contributed by atoms with Crippen LogP contribution in [0, 0.1) is 0 Å². The first-order valence-corrected chi connectivity index (χ1v) is 2.99. The molecule has 0 rings (SSSR count). The Kier molecular flexibility index (Phi) is 126. The minimum Gasteiger partial charge on any atom is -0.855 e. The summed E-state index contributed by atoms with van der Waals surface area (Å²) >= 11 is 0. The van der Waals surface area contributed by atoms with Crippen molar-refractivity contribution in [2.75, 3.05) is 19.8 Å². The third-order valence-electron chi connectivity index (χ3n) is 0. The van der Waals surface area contributed by atoms with E-state index in [9.17, 15) is 0 Å². The fourth-order valence-corrected chi connectivity index (χ4v) is 0. The minimum absolute atomic E-state index is 0. The third kappa shape index (κ3) is 1890. The summed E-state index contributed by atoms with van der Waals surface area (Å²) < 4.78 is 0. The predicted octanol–water partition coefficient (Wildman–Crippen LogP) is -1.90. The van der Waals surface area contributed by atoms with Crippen molar-refractivity contribution in [2.24, 2.45) is 0 Å². The molecule has 3 nitrogen and oxygen atoms in total. The molecule has 4 heteroatoms. The van der Waals surface area contributed by atoms with E-state index < -0.39 is 0 Å². The van der Waals surface area contributed by atoms with E-state index in [0.717, 1.165) is 0 Å². The van der Waals surface area contributed by atoms with Gasteiger partial charge in [-0.3, -0.25) is 0 Å². The van der Waals surface area contributed by atoms with Gasteiger partial charge in [0.2, 0.25) is 0 Å². The van der Waals surface area contributed by atoms with Crippen molar-refractivity contribution >= 4 is 0 Å². The van der Waals surface area contributed by atoms with Crippen LogP contribution in [0.15, 0.2) is 0 Å². The third-order valence-corrected chi connectivity index (χ3v) is 0. The van der Waals surface area contributed by atoms with E-state index in [1.54, 1.807) is 20.8 Å². The van der Waals surface area contributed by atoms with Gasteiger partial charge in [0.25, 0.3) is 0 Å². The zero-order valence-electron chi connectivity index (χ0n) is 6.70. The molecule has 0 saturated heterocycles. The molecule has 1 radical (unpaired) electrons. The topological polar surface area (TPSA) is 69.2 Å². The number of hydrogen-bond acceptors (Lipinski definition) is 3. The molecule has 0 aliphatic heterocycles. The Bertz CT molecular complexity index is 17.7. The minimum atomic E-state index is 0. The molecule has 65 valence electrons. The van der Waals surface area contributed by atoms with E-state index in [-0.39, 0.29) is 39.3 Å². The zero-order chi connectivity index (χ0) is 8.12. The molecule has 0 fully saturated rings. The summed E-state index contributed by atoms with van der Waals surface area (Å²) in [5.74, 6) is 0. The monoisotopic (exact) mass is 237 g/mol. The van der Waals surface area contributed by atoms with Crippen LogP contribution in [0.4, 0.5) is 0 Å². The van der Waals surface area contributed by atoms with Crippen molar-refractivity contribution in [3.8, 4) is 0 Å². The maximum atomic E-state index is 8.93. The standard InChI is InChI=1S/3C2H5O.Ru/c3*1-2-3;/h3*2H2,1H3;/q3*-1;+3. The van der Waals surface area contributed by atoms with Crippen molar-refractivity contribution in [1.29, 1.82) is 0 Å². The van der Waals surface area contributed by atoms with Gasteiger partial charge in [0.1, 0.15) is 0 Å². The maximum absolute atomic E-state index is 8.93. The van der Waals surface area contributed by atoms with Crippen LogP contribution in [0.25, 0.3) is 0 Å². The molecule has 0 amide bonds. The fourth-order valence-electron chi connectivity index (χ4n) is 0. The average molecular weight is 236 g/mol. The first kappa shape index (κ1) is 22.4. The van der Waals surface area contributed by atoms with E-state index in [1.807, 2.05) is 0 Å². The SMILES string of the molecule is CC[O-].CC[O-].CC[O-].[Ru+3]. The van der Waals surface area contributed by atoms with Crippen LogP contribution in [0.1, 0.15) is 20.8 Å². The molecule has 0 unspecified atom stereocenters. The van der Waals surface area contributed by atoms with Gasteiger partial charge in [-0.1, -0.05) is 20.8 Å². The summed E-state index contributed by atoms with van der Waals surface area (Å²) in [6.45, 7) is 4.71. The van der Waals surface area contributed by atoms with Crippen LogP contribution in [-0.4, -0.2) is 19.8 Å². The van der Waals surface area contributed by atoms with Gasteiger partial charge in [0.05, 0.1) is 0 Å². The fraction of sp³-hybridized carbons (Fsp3) is 1.00. The second kappa shape index (κ2) is 56.0. The van der Waals surface area contributed by atoms with Gasteiger partial charge in [0.15, 0.2) is 0 Å². The summed E-state index contributed by atoms with van der Waals surface area (Å²) in [5, 5.41) is 26.8. The largest absolute Gasteiger partial charge is 3.00 e. The second-order valence-corrected chi connectivity index (χ2v) is 0.866. The van der Waals surface area contributed by atoms with Crippen LogP contribution in [-0.2, 0) is 19.5 Å². The molecule has 0 aliphatic carbocycles. The zero-order valence-corrected chi connectivity index (χ0v) is 8.44. The molecule has 0 aromatic carbocycles. The summed E-state index contributed by atoms with van der Waals surface area (Å²) in [6.07, 6.45) is 0. The van der Waals surface area contributed by atoms with Crippen molar-refractivity contribution < 1.29 is 34.8 Å². The van der Waals surface area contributed by atoms with Gasteiger partial charge in [0, 0.05) is 0 Å². The molecule has 0 bridgehead atoms. The summed E-state index contributed by atoms with van der Waals surface area (Å²) in [4.78, 5) is 0. The van der Waals surface area contributed by atoms with Crippen LogP contribution < -0.4 is 15.3 Å². The quantitative estimate of drug-likeness (QED) is 0.461. The molecular formula is C6H15O3Ru. The van der Waals surface area contributed by atoms with Crippen LogP contribution in [0.3, 0.4) is 0 Å². The second-order valence-electron chi connectivity index (χ2n) is 0.866. The predicted molar refractivity (Wildman–Crippen MR) is 31.6 cm³/mol. The van der Waals surface area contributed by atoms with Gasteiger partial charge in [-0.25, -0.2) is 0 Å². The normalized spacial score (nSPS) is 5.40. The molecule has 0 saturated carbocycles.